The third-order valence-electron chi connectivity index (χ3n) is 6.22. The number of piperazine rings is 1. The lowest BCUT2D eigenvalue weighted by Crippen LogP contribution is -2.47. The van der Waals surface area contributed by atoms with Gasteiger partial charge in [-0.15, -0.1) is 0 Å². The average molecular weight is 463 g/mol. The molecule has 0 spiro atoms. The summed E-state index contributed by atoms with van der Waals surface area (Å²) in [6, 6.07) is 6.79. The lowest BCUT2D eigenvalue weighted by molar-refractivity contribution is -0.137. The summed E-state index contributed by atoms with van der Waals surface area (Å²) < 4.78 is 40.4. The summed E-state index contributed by atoms with van der Waals surface area (Å²) in [6.45, 7) is 3.05. The number of aromatic nitrogens is 2. The molecular formula is C23H29F3N6O. The number of amides is 1. The quantitative estimate of drug-likeness (QED) is 0.688. The van der Waals surface area contributed by atoms with Crippen LogP contribution in [-0.4, -0.2) is 64.9 Å². The molecule has 33 heavy (non-hydrogen) atoms. The number of alkyl halides is 3. The minimum atomic E-state index is -4.54. The molecule has 0 atom stereocenters. The van der Waals surface area contributed by atoms with E-state index in [1.807, 2.05) is 11.9 Å². The summed E-state index contributed by atoms with van der Waals surface area (Å²) in [4.78, 5) is 24.7. The molecule has 1 saturated heterocycles. The van der Waals surface area contributed by atoms with Gasteiger partial charge in [-0.05, 0) is 44.2 Å². The molecule has 4 rings (SSSR count). The Labute approximate surface area is 191 Å². The predicted octanol–water partition coefficient (Wildman–Crippen LogP) is 4.37. The highest BCUT2D eigenvalue weighted by atomic mass is 19.4. The Morgan fingerprint density at radius 1 is 1.03 bits per heavy atom. The molecule has 1 amide bonds. The summed E-state index contributed by atoms with van der Waals surface area (Å²) in [7, 11) is 2.03. The molecule has 0 radical (unpaired) electrons. The largest absolute Gasteiger partial charge is 0.421 e. The molecule has 178 valence electrons. The first-order valence-electron chi connectivity index (χ1n) is 11.4. The molecule has 1 saturated carbocycles. The predicted molar refractivity (Wildman–Crippen MR) is 121 cm³/mol. The Balaban J connectivity index is 1.46. The highest BCUT2D eigenvalue weighted by Gasteiger charge is 2.36. The van der Waals surface area contributed by atoms with Gasteiger partial charge in [0.25, 0.3) is 5.91 Å². The number of nitrogens with one attached hydrogen (secondary N) is 2. The van der Waals surface area contributed by atoms with Crippen molar-refractivity contribution < 1.29 is 18.0 Å². The van der Waals surface area contributed by atoms with E-state index < -0.39 is 11.7 Å². The second kappa shape index (κ2) is 9.94. The Morgan fingerprint density at radius 2 is 1.70 bits per heavy atom. The number of hydrogen-bond acceptors (Lipinski definition) is 6. The third-order valence-corrected chi connectivity index (χ3v) is 6.22. The zero-order valence-electron chi connectivity index (χ0n) is 18.7. The van der Waals surface area contributed by atoms with Gasteiger partial charge < -0.3 is 20.4 Å². The lowest BCUT2D eigenvalue weighted by Gasteiger charge is -2.32. The smallest absolute Gasteiger partial charge is 0.367 e. The van der Waals surface area contributed by atoms with Crippen molar-refractivity contribution in [3.8, 4) is 0 Å². The second-order valence-corrected chi connectivity index (χ2v) is 8.73. The number of benzene rings is 1. The van der Waals surface area contributed by atoms with Crippen LogP contribution in [0.5, 0.6) is 0 Å². The summed E-state index contributed by atoms with van der Waals surface area (Å²) >= 11 is 0. The number of likely N-dealkylation sites (N-methyl/N-ethyl adjacent to an activating group) is 1. The van der Waals surface area contributed by atoms with Crippen LogP contribution in [0.15, 0.2) is 30.5 Å². The van der Waals surface area contributed by atoms with E-state index in [0.29, 0.717) is 24.3 Å². The number of rotatable bonds is 5. The molecular weight excluding hydrogens is 433 g/mol. The third kappa shape index (κ3) is 5.93. The molecule has 0 unspecified atom stereocenters. The Bertz CT molecular complexity index is 952. The Hall–Kier alpha value is -2.88. The van der Waals surface area contributed by atoms with E-state index >= 15 is 0 Å². The fourth-order valence-electron chi connectivity index (χ4n) is 4.22. The standard InChI is InChI=1S/C23H29F3N6O/c1-31-11-13-32(14-12-31)21(33)16-7-9-18(10-8-16)29-22-27-15-19(23(24,25)26)20(30-22)28-17-5-3-2-4-6-17/h7-10,15,17H,2-6,11-14H2,1H3,(H2,27,28,29,30). The van der Waals surface area contributed by atoms with Crippen LogP contribution in [0.4, 0.5) is 30.6 Å². The molecule has 2 aromatic rings. The molecule has 1 aliphatic carbocycles. The molecule has 1 aliphatic heterocycles. The van der Waals surface area contributed by atoms with Crippen LogP contribution in [-0.2, 0) is 6.18 Å². The zero-order chi connectivity index (χ0) is 23.4. The molecule has 7 nitrogen and oxygen atoms in total. The highest BCUT2D eigenvalue weighted by Crippen LogP contribution is 2.35. The van der Waals surface area contributed by atoms with E-state index in [2.05, 4.69) is 25.5 Å². The topological polar surface area (TPSA) is 73.4 Å². The summed E-state index contributed by atoms with van der Waals surface area (Å²) in [5.74, 6) is -0.160. The monoisotopic (exact) mass is 462 g/mol. The van der Waals surface area contributed by atoms with Crippen molar-refractivity contribution in [1.29, 1.82) is 0 Å². The first-order chi connectivity index (χ1) is 15.8. The van der Waals surface area contributed by atoms with Gasteiger partial charge in [0, 0.05) is 49.7 Å². The Kier molecular flexibility index (Phi) is 7.02. The van der Waals surface area contributed by atoms with E-state index in [4.69, 9.17) is 0 Å². The van der Waals surface area contributed by atoms with Crippen LogP contribution in [0.1, 0.15) is 48.0 Å². The van der Waals surface area contributed by atoms with Crippen molar-refractivity contribution in [1.82, 2.24) is 19.8 Å². The van der Waals surface area contributed by atoms with Crippen molar-refractivity contribution in [2.75, 3.05) is 43.9 Å². The number of halogens is 3. The Morgan fingerprint density at radius 3 is 2.33 bits per heavy atom. The molecule has 0 bridgehead atoms. The van der Waals surface area contributed by atoms with Gasteiger partial charge >= 0.3 is 6.18 Å². The fraction of sp³-hybridized carbons (Fsp3) is 0.522. The minimum absolute atomic E-state index is 0.0255. The maximum absolute atomic E-state index is 13.5. The van der Waals surface area contributed by atoms with Crippen LogP contribution in [0, 0.1) is 0 Å². The maximum Gasteiger partial charge on any atom is 0.421 e. The van der Waals surface area contributed by atoms with Gasteiger partial charge in [-0.2, -0.15) is 18.2 Å². The normalized spacial score (nSPS) is 18.2. The van der Waals surface area contributed by atoms with E-state index in [0.717, 1.165) is 51.4 Å². The molecule has 1 aromatic carbocycles. The second-order valence-electron chi connectivity index (χ2n) is 8.73. The molecule has 2 aliphatic rings. The first-order valence-corrected chi connectivity index (χ1v) is 11.4. The van der Waals surface area contributed by atoms with Gasteiger partial charge in [-0.3, -0.25) is 4.79 Å². The van der Waals surface area contributed by atoms with Crippen molar-refractivity contribution in [3.05, 3.63) is 41.6 Å². The number of carbonyl (C=O) groups is 1. The van der Waals surface area contributed by atoms with Gasteiger partial charge in [0.2, 0.25) is 5.95 Å². The zero-order valence-corrected chi connectivity index (χ0v) is 18.7. The number of hydrogen-bond donors (Lipinski definition) is 2. The van der Waals surface area contributed by atoms with Crippen LogP contribution >= 0.6 is 0 Å². The van der Waals surface area contributed by atoms with Gasteiger partial charge in [0.15, 0.2) is 0 Å². The number of carbonyl (C=O) groups excluding carboxylic acids is 1. The van der Waals surface area contributed by atoms with Crippen molar-refractivity contribution in [3.63, 3.8) is 0 Å². The molecule has 1 aromatic heterocycles. The number of anilines is 3. The highest BCUT2D eigenvalue weighted by molar-refractivity contribution is 5.94. The fourth-order valence-corrected chi connectivity index (χ4v) is 4.22. The molecule has 10 heteroatoms. The van der Waals surface area contributed by atoms with Gasteiger partial charge in [-0.25, -0.2) is 4.98 Å². The first kappa shape index (κ1) is 23.3. The van der Waals surface area contributed by atoms with Crippen molar-refractivity contribution in [2.24, 2.45) is 0 Å². The lowest BCUT2D eigenvalue weighted by atomic mass is 9.95. The molecule has 2 fully saturated rings. The van der Waals surface area contributed by atoms with E-state index in [-0.39, 0.29) is 23.7 Å². The van der Waals surface area contributed by atoms with Crippen LogP contribution in [0.3, 0.4) is 0 Å². The van der Waals surface area contributed by atoms with Gasteiger partial charge in [-0.1, -0.05) is 19.3 Å². The summed E-state index contributed by atoms with van der Waals surface area (Å²) in [6.07, 6.45) is 1.02. The average Bonchev–Trinajstić information content (AvgIpc) is 2.80. The summed E-state index contributed by atoms with van der Waals surface area (Å²) in [5.41, 5.74) is 0.290. The van der Waals surface area contributed by atoms with Crippen LogP contribution in [0.2, 0.25) is 0 Å². The molecule has 2 heterocycles. The van der Waals surface area contributed by atoms with Gasteiger partial charge in [0.05, 0.1) is 0 Å². The van der Waals surface area contributed by atoms with Crippen molar-refractivity contribution >= 4 is 23.4 Å². The maximum atomic E-state index is 13.5. The van der Waals surface area contributed by atoms with Crippen molar-refractivity contribution in [2.45, 2.75) is 44.3 Å². The molecule has 2 N–H and O–H groups in total. The summed E-state index contributed by atoms with van der Waals surface area (Å²) in [5, 5.41) is 5.93. The SMILES string of the molecule is CN1CCN(C(=O)c2ccc(Nc3ncc(C(F)(F)F)c(NC4CCCCC4)n3)cc2)CC1. The van der Waals surface area contributed by atoms with E-state index in [1.54, 1.807) is 24.3 Å². The number of nitrogens with zero attached hydrogens (tertiary/aromatic N) is 4. The van der Waals surface area contributed by atoms with Crippen LogP contribution in [0.25, 0.3) is 0 Å². The minimum Gasteiger partial charge on any atom is -0.367 e. The van der Waals surface area contributed by atoms with Gasteiger partial charge in [0.1, 0.15) is 11.4 Å². The van der Waals surface area contributed by atoms with Crippen LogP contribution < -0.4 is 10.6 Å². The van der Waals surface area contributed by atoms with E-state index in [1.165, 1.54) is 0 Å². The van der Waals surface area contributed by atoms with E-state index in [9.17, 15) is 18.0 Å².